The van der Waals surface area contributed by atoms with Gasteiger partial charge in [0.1, 0.15) is 23.7 Å². The average Bonchev–Trinajstić information content (AvgIpc) is 2.52. The maximum atomic E-state index is 11.1. The minimum atomic E-state index is -1.01. The molecule has 4 nitrogen and oxygen atoms in total. The van der Waals surface area contributed by atoms with Gasteiger partial charge >= 0.3 is 5.97 Å². The summed E-state index contributed by atoms with van der Waals surface area (Å²) in [5, 5.41) is 9.13. The SMILES string of the molecule is C=CCOc1cc(OCCCCCCCC)ccc1C(=O)O. The lowest BCUT2D eigenvalue weighted by molar-refractivity contribution is 0.0692. The topological polar surface area (TPSA) is 55.8 Å². The van der Waals surface area contributed by atoms with Crippen LogP contribution in [0.4, 0.5) is 0 Å². The van der Waals surface area contributed by atoms with Crippen LogP contribution in [0.25, 0.3) is 0 Å². The fourth-order valence-corrected chi connectivity index (χ4v) is 2.11. The summed E-state index contributed by atoms with van der Waals surface area (Å²) in [7, 11) is 0. The Hall–Kier alpha value is -1.97. The molecule has 1 aromatic rings. The standard InChI is InChI=1S/C18H26O4/c1-3-5-6-7-8-9-13-21-15-10-11-16(18(19)20)17(14-15)22-12-4-2/h4,10-11,14H,2-3,5-9,12-13H2,1H3,(H,19,20). The number of hydrogen-bond acceptors (Lipinski definition) is 3. The van der Waals surface area contributed by atoms with Crippen LogP contribution in [0.3, 0.4) is 0 Å². The molecule has 0 atom stereocenters. The lowest BCUT2D eigenvalue weighted by atomic mass is 10.1. The van der Waals surface area contributed by atoms with Gasteiger partial charge in [0.2, 0.25) is 0 Å². The third-order valence-electron chi connectivity index (χ3n) is 3.31. The van der Waals surface area contributed by atoms with Gasteiger partial charge in [0.25, 0.3) is 0 Å². The first-order chi connectivity index (χ1) is 10.7. The number of rotatable bonds is 12. The maximum Gasteiger partial charge on any atom is 0.339 e. The van der Waals surface area contributed by atoms with E-state index in [1.807, 2.05) is 0 Å². The Labute approximate surface area is 132 Å². The van der Waals surface area contributed by atoms with Crippen molar-refractivity contribution in [3.8, 4) is 11.5 Å². The molecule has 0 aliphatic carbocycles. The van der Waals surface area contributed by atoms with Gasteiger partial charge in [0, 0.05) is 6.07 Å². The van der Waals surface area contributed by atoms with Crippen LogP contribution in [-0.4, -0.2) is 24.3 Å². The van der Waals surface area contributed by atoms with E-state index < -0.39 is 5.97 Å². The van der Waals surface area contributed by atoms with Crippen molar-refractivity contribution in [3.05, 3.63) is 36.4 Å². The second kappa shape index (κ2) is 10.7. The fraction of sp³-hybridized carbons (Fsp3) is 0.500. The van der Waals surface area contributed by atoms with Crippen molar-refractivity contribution in [2.75, 3.05) is 13.2 Å². The van der Waals surface area contributed by atoms with E-state index in [-0.39, 0.29) is 12.2 Å². The minimum Gasteiger partial charge on any atom is -0.493 e. The van der Waals surface area contributed by atoms with Crippen LogP contribution in [0.2, 0.25) is 0 Å². The summed E-state index contributed by atoms with van der Waals surface area (Å²) >= 11 is 0. The highest BCUT2D eigenvalue weighted by Crippen LogP contribution is 2.25. The Kier molecular flexibility index (Phi) is 8.80. The van der Waals surface area contributed by atoms with Crippen molar-refractivity contribution < 1.29 is 19.4 Å². The van der Waals surface area contributed by atoms with Crippen molar-refractivity contribution in [2.45, 2.75) is 45.4 Å². The van der Waals surface area contributed by atoms with E-state index in [9.17, 15) is 4.79 Å². The molecule has 0 aliphatic heterocycles. The van der Waals surface area contributed by atoms with Crippen LogP contribution in [0.5, 0.6) is 11.5 Å². The van der Waals surface area contributed by atoms with Crippen molar-refractivity contribution in [1.82, 2.24) is 0 Å². The van der Waals surface area contributed by atoms with Crippen molar-refractivity contribution in [3.63, 3.8) is 0 Å². The molecule has 0 spiro atoms. The van der Waals surface area contributed by atoms with Crippen molar-refractivity contribution in [2.24, 2.45) is 0 Å². The molecule has 1 aromatic carbocycles. The zero-order valence-corrected chi connectivity index (χ0v) is 13.3. The summed E-state index contributed by atoms with van der Waals surface area (Å²) in [6.45, 7) is 6.67. The zero-order valence-electron chi connectivity index (χ0n) is 13.3. The lowest BCUT2D eigenvalue weighted by Crippen LogP contribution is -2.04. The fourth-order valence-electron chi connectivity index (χ4n) is 2.11. The van der Waals surface area contributed by atoms with Crippen LogP contribution in [0, 0.1) is 0 Å². The highest BCUT2D eigenvalue weighted by Gasteiger charge is 2.12. The second-order valence-corrected chi connectivity index (χ2v) is 5.18. The molecule has 0 saturated heterocycles. The molecule has 0 aliphatic rings. The lowest BCUT2D eigenvalue weighted by Gasteiger charge is -2.11. The monoisotopic (exact) mass is 306 g/mol. The molecular weight excluding hydrogens is 280 g/mol. The Morgan fingerprint density at radius 1 is 1.18 bits per heavy atom. The number of carboxylic acids is 1. The molecule has 0 bridgehead atoms. The Morgan fingerprint density at radius 3 is 2.59 bits per heavy atom. The number of carboxylic acid groups (broad SMARTS) is 1. The first-order valence-corrected chi connectivity index (χ1v) is 7.92. The molecule has 4 heteroatoms. The van der Waals surface area contributed by atoms with Gasteiger partial charge < -0.3 is 14.6 Å². The molecule has 0 saturated carbocycles. The van der Waals surface area contributed by atoms with E-state index >= 15 is 0 Å². The quantitative estimate of drug-likeness (QED) is 0.449. The predicted octanol–water partition coefficient (Wildman–Crippen LogP) is 4.69. The van der Waals surface area contributed by atoms with Gasteiger partial charge in [-0.3, -0.25) is 0 Å². The molecule has 0 radical (unpaired) electrons. The van der Waals surface area contributed by atoms with E-state index in [2.05, 4.69) is 13.5 Å². The minimum absolute atomic E-state index is 0.133. The number of benzene rings is 1. The highest BCUT2D eigenvalue weighted by atomic mass is 16.5. The van der Waals surface area contributed by atoms with Gasteiger partial charge in [-0.2, -0.15) is 0 Å². The molecule has 122 valence electrons. The normalized spacial score (nSPS) is 10.2. The van der Waals surface area contributed by atoms with Gasteiger partial charge in [0.05, 0.1) is 6.61 Å². The Balaban J connectivity index is 2.46. The molecule has 22 heavy (non-hydrogen) atoms. The first kappa shape index (κ1) is 18.1. The van der Waals surface area contributed by atoms with Gasteiger partial charge in [-0.25, -0.2) is 4.79 Å². The number of unbranched alkanes of at least 4 members (excludes halogenated alkanes) is 5. The first-order valence-electron chi connectivity index (χ1n) is 7.92. The average molecular weight is 306 g/mol. The predicted molar refractivity (Wildman–Crippen MR) is 88.0 cm³/mol. The molecule has 0 amide bonds. The number of aromatic carboxylic acids is 1. The second-order valence-electron chi connectivity index (χ2n) is 5.18. The summed E-state index contributed by atoms with van der Waals surface area (Å²) in [5.74, 6) is -0.0630. The van der Waals surface area contributed by atoms with Gasteiger partial charge in [-0.05, 0) is 18.6 Å². The molecule has 0 fully saturated rings. The number of ether oxygens (including phenoxy) is 2. The van der Waals surface area contributed by atoms with Gasteiger partial charge in [-0.1, -0.05) is 51.7 Å². The summed E-state index contributed by atoms with van der Waals surface area (Å²) in [6, 6.07) is 4.81. The molecule has 0 heterocycles. The van der Waals surface area contributed by atoms with Crippen LogP contribution < -0.4 is 9.47 Å². The third-order valence-corrected chi connectivity index (χ3v) is 3.31. The Bertz CT molecular complexity index is 468. The van der Waals surface area contributed by atoms with Gasteiger partial charge in [-0.15, -0.1) is 0 Å². The van der Waals surface area contributed by atoms with E-state index in [0.29, 0.717) is 18.1 Å². The van der Waals surface area contributed by atoms with Crippen LogP contribution in [0.15, 0.2) is 30.9 Å². The largest absolute Gasteiger partial charge is 0.493 e. The molecule has 1 rings (SSSR count). The van der Waals surface area contributed by atoms with E-state index in [0.717, 1.165) is 12.8 Å². The molecule has 0 aromatic heterocycles. The summed E-state index contributed by atoms with van der Waals surface area (Å²) < 4.78 is 11.1. The smallest absolute Gasteiger partial charge is 0.339 e. The van der Waals surface area contributed by atoms with E-state index in [1.165, 1.54) is 31.7 Å². The molecular formula is C18H26O4. The van der Waals surface area contributed by atoms with E-state index in [1.54, 1.807) is 18.2 Å². The Morgan fingerprint density at radius 2 is 1.91 bits per heavy atom. The maximum absolute atomic E-state index is 11.1. The zero-order chi connectivity index (χ0) is 16.2. The third kappa shape index (κ3) is 6.66. The summed E-state index contributed by atoms with van der Waals surface area (Å²) in [4.78, 5) is 11.1. The van der Waals surface area contributed by atoms with Crippen LogP contribution in [-0.2, 0) is 0 Å². The highest BCUT2D eigenvalue weighted by molar-refractivity contribution is 5.91. The summed E-state index contributed by atoms with van der Waals surface area (Å²) in [6.07, 6.45) is 8.81. The van der Waals surface area contributed by atoms with Crippen molar-refractivity contribution in [1.29, 1.82) is 0 Å². The number of hydrogen-bond donors (Lipinski definition) is 1. The van der Waals surface area contributed by atoms with Crippen LogP contribution in [0.1, 0.15) is 55.8 Å². The van der Waals surface area contributed by atoms with Crippen molar-refractivity contribution >= 4 is 5.97 Å². The van der Waals surface area contributed by atoms with E-state index in [4.69, 9.17) is 14.6 Å². The van der Waals surface area contributed by atoms with Gasteiger partial charge in [0.15, 0.2) is 0 Å². The molecule has 1 N–H and O–H groups in total. The van der Waals surface area contributed by atoms with Crippen LogP contribution >= 0.6 is 0 Å². The summed E-state index contributed by atoms with van der Waals surface area (Å²) in [5.41, 5.74) is 0.133. The number of carbonyl (C=O) groups is 1. The molecule has 0 unspecified atom stereocenters.